The molecule has 0 unspecified atom stereocenters. The summed E-state index contributed by atoms with van der Waals surface area (Å²) in [4.78, 5) is 4.41. The highest BCUT2D eigenvalue weighted by Crippen LogP contribution is 2.33. The van der Waals surface area contributed by atoms with E-state index in [1.165, 1.54) is 6.07 Å². The van der Waals surface area contributed by atoms with Gasteiger partial charge in [0.05, 0.1) is 10.5 Å². The number of rotatable bonds is 3. The summed E-state index contributed by atoms with van der Waals surface area (Å²) in [7, 11) is 0. The molecular formula is C14H16ClFN2. The van der Waals surface area contributed by atoms with Gasteiger partial charge in [-0.25, -0.2) is 4.39 Å². The molecule has 0 saturated carbocycles. The summed E-state index contributed by atoms with van der Waals surface area (Å²) in [5, 5.41) is 4.44. The summed E-state index contributed by atoms with van der Waals surface area (Å²) in [6, 6.07) is 3.26. The number of aromatic nitrogens is 1. The smallest absolute Gasteiger partial charge is 0.128 e. The molecule has 4 heteroatoms. The van der Waals surface area contributed by atoms with Crippen LogP contribution in [0.15, 0.2) is 12.1 Å². The fraction of sp³-hybridized carbons (Fsp3) is 0.357. The molecule has 0 aliphatic carbocycles. The molecule has 18 heavy (non-hydrogen) atoms. The minimum absolute atomic E-state index is 0.294. The van der Waals surface area contributed by atoms with Gasteiger partial charge in [-0.2, -0.15) is 0 Å². The van der Waals surface area contributed by atoms with E-state index in [0.717, 1.165) is 29.7 Å². The van der Waals surface area contributed by atoms with Crippen molar-refractivity contribution in [3.8, 4) is 0 Å². The third-order valence-corrected chi connectivity index (χ3v) is 3.21. The highest BCUT2D eigenvalue weighted by molar-refractivity contribution is 6.35. The monoisotopic (exact) mass is 266 g/mol. The molecule has 1 aromatic heterocycles. The number of halogens is 2. The van der Waals surface area contributed by atoms with Gasteiger partial charge in [0.15, 0.2) is 0 Å². The van der Waals surface area contributed by atoms with Gasteiger partial charge in [-0.05, 0) is 38.0 Å². The molecule has 0 bridgehead atoms. The van der Waals surface area contributed by atoms with Crippen LogP contribution in [0, 0.1) is 19.7 Å². The topological polar surface area (TPSA) is 24.9 Å². The first kappa shape index (κ1) is 13.1. The van der Waals surface area contributed by atoms with E-state index in [1.54, 1.807) is 6.92 Å². The Balaban J connectivity index is 2.75. The number of benzene rings is 1. The first-order chi connectivity index (χ1) is 8.54. The zero-order chi connectivity index (χ0) is 13.3. The predicted molar refractivity (Wildman–Crippen MR) is 75.0 cm³/mol. The minimum Gasteiger partial charge on any atom is -0.384 e. The average Bonchev–Trinajstić information content (AvgIpc) is 2.33. The average molecular weight is 267 g/mol. The molecule has 0 amide bonds. The first-order valence-corrected chi connectivity index (χ1v) is 6.42. The molecule has 1 aromatic carbocycles. The van der Waals surface area contributed by atoms with Crippen molar-refractivity contribution < 1.29 is 4.39 Å². The fourth-order valence-corrected chi connectivity index (χ4v) is 2.26. The van der Waals surface area contributed by atoms with Gasteiger partial charge in [-0.15, -0.1) is 0 Å². The molecule has 0 aliphatic heterocycles. The maximum atomic E-state index is 13.8. The second kappa shape index (κ2) is 5.11. The van der Waals surface area contributed by atoms with Gasteiger partial charge in [0, 0.05) is 23.3 Å². The van der Waals surface area contributed by atoms with Crippen molar-refractivity contribution in [3.05, 3.63) is 34.2 Å². The number of hydrogen-bond acceptors (Lipinski definition) is 2. The van der Waals surface area contributed by atoms with Gasteiger partial charge in [0.25, 0.3) is 0 Å². The van der Waals surface area contributed by atoms with E-state index in [1.807, 2.05) is 13.0 Å². The molecule has 0 saturated heterocycles. The predicted octanol–water partition coefficient (Wildman–Crippen LogP) is 4.47. The van der Waals surface area contributed by atoms with Crippen LogP contribution in [0.5, 0.6) is 0 Å². The Bertz CT molecular complexity index is 596. The highest BCUT2D eigenvalue weighted by atomic mass is 35.5. The normalized spacial score (nSPS) is 10.9. The molecule has 96 valence electrons. The number of anilines is 1. The standard InChI is InChI=1S/C14H16ClFN2/c1-4-5-17-12-6-8(2)18-14-10(15)7-11(16)9(3)13(12)14/h6-7H,4-5H2,1-3H3,(H,17,18). The largest absolute Gasteiger partial charge is 0.384 e. The van der Waals surface area contributed by atoms with Crippen LogP contribution in [0.3, 0.4) is 0 Å². The molecule has 1 heterocycles. The van der Waals surface area contributed by atoms with E-state index in [4.69, 9.17) is 11.6 Å². The lowest BCUT2D eigenvalue weighted by Gasteiger charge is -2.13. The van der Waals surface area contributed by atoms with Crippen molar-refractivity contribution in [1.29, 1.82) is 0 Å². The van der Waals surface area contributed by atoms with Crippen molar-refractivity contribution in [2.45, 2.75) is 27.2 Å². The molecule has 1 N–H and O–H groups in total. The number of pyridine rings is 1. The molecule has 0 atom stereocenters. The third kappa shape index (κ3) is 2.27. The Labute approximate surface area is 111 Å². The maximum Gasteiger partial charge on any atom is 0.128 e. The summed E-state index contributed by atoms with van der Waals surface area (Å²) in [5.74, 6) is -0.294. The van der Waals surface area contributed by atoms with Crippen LogP contribution in [0.2, 0.25) is 5.02 Å². The van der Waals surface area contributed by atoms with Crippen molar-refractivity contribution >= 4 is 28.2 Å². The van der Waals surface area contributed by atoms with Gasteiger partial charge in [0.1, 0.15) is 5.82 Å². The maximum absolute atomic E-state index is 13.8. The van der Waals surface area contributed by atoms with Crippen LogP contribution in [0.1, 0.15) is 24.6 Å². The molecule has 0 radical (unpaired) electrons. The second-order valence-corrected chi connectivity index (χ2v) is 4.83. The van der Waals surface area contributed by atoms with E-state index in [-0.39, 0.29) is 5.82 Å². The van der Waals surface area contributed by atoms with E-state index in [9.17, 15) is 4.39 Å². The lowest BCUT2D eigenvalue weighted by molar-refractivity contribution is 0.621. The quantitative estimate of drug-likeness (QED) is 0.887. The lowest BCUT2D eigenvalue weighted by Crippen LogP contribution is -2.03. The Morgan fingerprint density at radius 3 is 2.72 bits per heavy atom. The molecule has 0 fully saturated rings. The molecular weight excluding hydrogens is 251 g/mol. The van der Waals surface area contributed by atoms with Crippen LogP contribution >= 0.6 is 11.6 Å². The number of nitrogens with zero attached hydrogens (tertiary/aromatic N) is 1. The minimum atomic E-state index is -0.294. The SMILES string of the molecule is CCCNc1cc(C)nc2c(Cl)cc(F)c(C)c12. The molecule has 0 aliphatic rings. The van der Waals surface area contributed by atoms with E-state index >= 15 is 0 Å². The molecule has 2 nitrogen and oxygen atoms in total. The van der Waals surface area contributed by atoms with Crippen LogP contribution in [-0.4, -0.2) is 11.5 Å². The van der Waals surface area contributed by atoms with E-state index in [0.29, 0.717) is 16.1 Å². The summed E-state index contributed by atoms with van der Waals surface area (Å²) >= 11 is 6.08. The van der Waals surface area contributed by atoms with Gasteiger partial charge in [-0.3, -0.25) is 4.98 Å². The zero-order valence-corrected chi connectivity index (χ0v) is 11.5. The zero-order valence-electron chi connectivity index (χ0n) is 10.8. The number of aryl methyl sites for hydroxylation is 2. The van der Waals surface area contributed by atoms with Crippen LogP contribution < -0.4 is 5.32 Å². The summed E-state index contributed by atoms with van der Waals surface area (Å²) < 4.78 is 13.8. The fourth-order valence-electron chi connectivity index (χ4n) is 2.03. The third-order valence-electron chi connectivity index (χ3n) is 2.93. The summed E-state index contributed by atoms with van der Waals surface area (Å²) in [6.45, 7) is 6.59. The Morgan fingerprint density at radius 1 is 1.33 bits per heavy atom. The van der Waals surface area contributed by atoms with Crippen LogP contribution in [-0.2, 0) is 0 Å². The van der Waals surface area contributed by atoms with E-state index in [2.05, 4.69) is 17.2 Å². The molecule has 2 rings (SSSR count). The van der Waals surface area contributed by atoms with Crippen molar-refractivity contribution in [3.63, 3.8) is 0 Å². The van der Waals surface area contributed by atoms with Crippen molar-refractivity contribution in [2.75, 3.05) is 11.9 Å². The second-order valence-electron chi connectivity index (χ2n) is 4.43. The summed E-state index contributed by atoms with van der Waals surface area (Å²) in [5.41, 5.74) is 3.02. The van der Waals surface area contributed by atoms with Gasteiger partial charge in [0.2, 0.25) is 0 Å². The number of fused-ring (bicyclic) bond motifs is 1. The van der Waals surface area contributed by atoms with Gasteiger partial charge >= 0.3 is 0 Å². The lowest BCUT2D eigenvalue weighted by atomic mass is 10.1. The summed E-state index contributed by atoms with van der Waals surface area (Å²) in [6.07, 6.45) is 1.00. The van der Waals surface area contributed by atoms with Crippen LogP contribution in [0.4, 0.5) is 10.1 Å². The van der Waals surface area contributed by atoms with E-state index < -0.39 is 0 Å². The van der Waals surface area contributed by atoms with Crippen LogP contribution in [0.25, 0.3) is 10.9 Å². The van der Waals surface area contributed by atoms with Crippen molar-refractivity contribution in [2.24, 2.45) is 0 Å². The number of hydrogen-bond donors (Lipinski definition) is 1. The number of nitrogens with one attached hydrogen (secondary N) is 1. The molecule has 2 aromatic rings. The Hall–Kier alpha value is -1.35. The highest BCUT2D eigenvalue weighted by Gasteiger charge is 2.13. The Kier molecular flexibility index (Phi) is 3.71. The van der Waals surface area contributed by atoms with Crippen molar-refractivity contribution in [1.82, 2.24) is 4.98 Å². The first-order valence-electron chi connectivity index (χ1n) is 6.04. The molecule has 0 spiro atoms. The van der Waals surface area contributed by atoms with Gasteiger partial charge < -0.3 is 5.32 Å². The van der Waals surface area contributed by atoms with Gasteiger partial charge in [-0.1, -0.05) is 18.5 Å². The Morgan fingerprint density at radius 2 is 2.06 bits per heavy atom.